The molecule has 1 saturated heterocycles. The van der Waals surface area contributed by atoms with Crippen molar-refractivity contribution < 1.29 is 14.1 Å². The van der Waals surface area contributed by atoms with Crippen molar-refractivity contribution in [2.45, 2.75) is 58.5 Å². The van der Waals surface area contributed by atoms with Crippen molar-refractivity contribution in [3.63, 3.8) is 0 Å². The number of nitrogens with zero attached hydrogens (tertiary/aromatic N) is 3. The van der Waals surface area contributed by atoms with E-state index in [0.717, 1.165) is 30.6 Å². The number of urea groups is 1. The van der Waals surface area contributed by atoms with Crippen molar-refractivity contribution in [1.29, 1.82) is 0 Å². The van der Waals surface area contributed by atoms with Gasteiger partial charge in [-0.25, -0.2) is 4.79 Å². The molecule has 1 aliphatic heterocycles. The molecule has 1 unspecified atom stereocenters. The number of nitrogens with one attached hydrogen (secondary N) is 1. The summed E-state index contributed by atoms with van der Waals surface area (Å²) in [7, 11) is 0. The molecule has 7 heteroatoms. The summed E-state index contributed by atoms with van der Waals surface area (Å²) in [6, 6.07) is 7.79. The van der Waals surface area contributed by atoms with Gasteiger partial charge < -0.3 is 19.5 Å². The molecule has 1 aromatic carbocycles. The Morgan fingerprint density at radius 2 is 2.26 bits per heavy atom. The highest BCUT2D eigenvalue weighted by atomic mass is 16.5. The van der Waals surface area contributed by atoms with Gasteiger partial charge in [0, 0.05) is 19.0 Å². The first-order chi connectivity index (χ1) is 13.0. The van der Waals surface area contributed by atoms with E-state index in [-0.39, 0.29) is 18.1 Å². The van der Waals surface area contributed by atoms with Crippen LogP contribution in [0.25, 0.3) is 0 Å². The third-order valence-corrected chi connectivity index (χ3v) is 4.53. The van der Waals surface area contributed by atoms with E-state index < -0.39 is 0 Å². The maximum atomic E-state index is 12.5. The Hall–Kier alpha value is -2.57. The topological polar surface area (TPSA) is 80.5 Å². The van der Waals surface area contributed by atoms with Crippen LogP contribution in [0.3, 0.4) is 0 Å². The summed E-state index contributed by atoms with van der Waals surface area (Å²) < 4.78 is 11.2. The normalized spacial score (nSPS) is 17.2. The Morgan fingerprint density at radius 3 is 3.04 bits per heavy atom. The summed E-state index contributed by atoms with van der Waals surface area (Å²) >= 11 is 0. The minimum Gasteiger partial charge on any atom is -0.493 e. The van der Waals surface area contributed by atoms with Crippen LogP contribution in [0.2, 0.25) is 0 Å². The lowest BCUT2D eigenvalue weighted by atomic mass is 10.0. The summed E-state index contributed by atoms with van der Waals surface area (Å²) in [5.41, 5.74) is 1.16. The van der Waals surface area contributed by atoms with Gasteiger partial charge in [-0.1, -0.05) is 17.3 Å². The second-order valence-corrected chi connectivity index (χ2v) is 7.27. The second kappa shape index (κ2) is 8.88. The van der Waals surface area contributed by atoms with Gasteiger partial charge in [-0.05, 0) is 57.7 Å². The van der Waals surface area contributed by atoms with Crippen LogP contribution < -0.4 is 10.1 Å². The largest absolute Gasteiger partial charge is 0.493 e. The highest BCUT2D eigenvalue weighted by Crippen LogP contribution is 2.30. The van der Waals surface area contributed by atoms with Gasteiger partial charge in [-0.2, -0.15) is 4.98 Å². The molecule has 1 N–H and O–H groups in total. The molecular weight excluding hydrogens is 344 g/mol. The van der Waals surface area contributed by atoms with E-state index in [0.29, 0.717) is 31.3 Å². The lowest BCUT2D eigenvalue weighted by Crippen LogP contribution is -2.46. The first-order valence-corrected chi connectivity index (χ1v) is 9.62. The van der Waals surface area contributed by atoms with E-state index in [1.165, 1.54) is 0 Å². The Bertz CT molecular complexity index is 759. The first-order valence-electron chi connectivity index (χ1n) is 9.62. The number of carbonyl (C=O) groups excluding carboxylic acids is 1. The highest BCUT2D eigenvalue weighted by molar-refractivity contribution is 5.75. The van der Waals surface area contributed by atoms with Crippen LogP contribution in [-0.4, -0.2) is 40.3 Å². The predicted molar refractivity (Wildman–Crippen MR) is 102 cm³/mol. The maximum Gasteiger partial charge on any atom is 0.318 e. The standard InChI is InChI=1S/C20H28N4O3/c1-14(2)21-20(25)24-11-5-4-9-17(24)19-22-18(23-27-19)10-12-26-16-8-6-7-15(3)13-16/h6-8,13-14,17H,4-5,9-12H2,1-3H3,(H,21,25). The van der Waals surface area contributed by atoms with Gasteiger partial charge in [0.15, 0.2) is 5.82 Å². The van der Waals surface area contributed by atoms with Crippen molar-refractivity contribution in [3.05, 3.63) is 41.5 Å². The summed E-state index contributed by atoms with van der Waals surface area (Å²) in [4.78, 5) is 18.8. The van der Waals surface area contributed by atoms with Crippen LogP contribution >= 0.6 is 0 Å². The zero-order valence-corrected chi connectivity index (χ0v) is 16.3. The monoisotopic (exact) mass is 372 g/mol. The van der Waals surface area contributed by atoms with Crippen molar-refractivity contribution in [3.8, 4) is 5.75 Å². The number of aryl methyl sites for hydroxylation is 1. The van der Waals surface area contributed by atoms with Gasteiger partial charge >= 0.3 is 6.03 Å². The molecule has 27 heavy (non-hydrogen) atoms. The van der Waals surface area contributed by atoms with E-state index in [4.69, 9.17) is 9.26 Å². The Kier molecular flexibility index (Phi) is 6.32. The fourth-order valence-corrected chi connectivity index (χ4v) is 3.23. The molecule has 1 fully saturated rings. The second-order valence-electron chi connectivity index (χ2n) is 7.27. The SMILES string of the molecule is Cc1cccc(OCCc2noc(C3CCCCN3C(=O)NC(C)C)n2)c1. The van der Waals surface area contributed by atoms with Crippen LogP contribution in [0.1, 0.15) is 56.4 Å². The molecule has 0 saturated carbocycles. The minimum atomic E-state index is -0.156. The number of amides is 2. The van der Waals surface area contributed by atoms with Crippen LogP contribution in [-0.2, 0) is 6.42 Å². The van der Waals surface area contributed by atoms with Crippen LogP contribution in [0, 0.1) is 6.92 Å². The number of likely N-dealkylation sites (tertiary alicyclic amines) is 1. The molecule has 2 heterocycles. The van der Waals surface area contributed by atoms with Crippen molar-refractivity contribution in [2.75, 3.05) is 13.2 Å². The molecule has 0 bridgehead atoms. The lowest BCUT2D eigenvalue weighted by molar-refractivity contribution is 0.130. The highest BCUT2D eigenvalue weighted by Gasteiger charge is 2.32. The third-order valence-electron chi connectivity index (χ3n) is 4.53. The molecule has 0 spiro atoms. The molecule has 3 rings (SSSR count). The fourth-order valence-electron chi connectivity index (χ4n) is 3.23. The Balaban J connectivity index is 1.59. The van der Waals surface area contributed by atoms with E-state index in [1.807, 2.05) is 49.9 Å². The average molecular weight is 372 g/mol. The number of piperidine rings is 1. The molecule has 2 aromatic rings. The molecule has 1 aromatic heterocycles. The van der Waals surface area contributed by atoms with Gasteiger partial charge in [-0.3, -0.25) is 0 Å². The quantitative estimate of drug-likeness (QED) is 0.837. The Morgan fingerprint density at radius 1 is 1.41 bits per heavy atom. The summed E-state index contributed by atoms with van der Waals surface area (Å²) in [6.07, 6.45) is 3.44. The number of ether oxygens (including phenoxy) is 1. The molecule has 7 nitrogen and oxygen atoms in total. The van der Waals surface area contributed by atoms with Gasteiger partial charge in [0.2, 0.25) is 5.89 Å². The number of aromatic nitrogens is 2. The maximum absolute atomic E-state index is 12.5. The number of benzene rings is 1. The third kappa shape index (κ3) is 5.21. The molecule has 2 amide bonds. The minimum absolute atomic E-state index is 0.0720. The van der Waals surface area contributed by atoms with Gasteiger partial charge in [-0.15, -0.1) is 0 Å². The van der Waals surface area contributed by atoms with Crippen molar-refractivity contribution in [1.82, 2.24) is 20.4 Å². The fraction of sp³-hybridized carbons (Fsp3) is 0.550. The van der Waals surface area contributed by atoms with E-state index in [1.54, 1.807) is 0 Å². The van der Waals surface area contributed by atoms with Gasteiger partial charge in [0.1, 0.15) is 11.8 Å². The molecule has 1 aliphatic rings. The molecule has 146 valence electrons. The average Bonchev–Trinajstić information content (AvgIpc) is 3.10. The van der Waals surface area contributed by atoms with Crippen molar-refractivity contribution >= 4 is 6.03 Å². The van der Waals surface area contributed by atoms with Gasteiger partial charge in [0.05, 0.1) is 6.61 Å². The predicted octanol–water partition coefficient (Wildman–Crippen LogP) is 3.64. The number of hydrogen-bond acceptors (Lipinski definition) is 5. The lowest BCUT2D eigenvalue weighted by Gasteiger charge is -2.33. The summed E-state index contributed by atoms with van der Waals surface area (Å²) in [6.45, 7) is 7.12. The molecular formula is C20H28N4O3. The van der Waals surface area contributed by atoms with Crippen LogP contribution in [0.4, 0.5) is 4.79 Å². The van der Waals surface area contributed by atoms with Crippen LogP contribution in [0.15, 0.2) is 28.8 Å². The van der Waals surface area contributed by atoms with E-state index in [9.17, 15) is 4.79 Å². The molecule has 0 radical (unpaired) electrons. The van der Waals surface area contributed by atoms with Crippen LogP contribution in [0.5, 0.6) is 5.75 Å². The van der Waals surface area contributed by atoms with E-state index >= 15 is 0 Å². The molecule has 0 aliphatic carbocycles. The van der Waals surface area contributed by atoms with Gasteiger partial charge in [0.25, 0.3) is 0 Å². The Labute approximate surface area is 160 Å². The first kappa shape index (κ1) is 19.2. The van der Waals surface area contributed by atoms with Crippen molar-refractivity contribution in [2.24, 2.45) is 0 Å². The van der Waals surface area contributed by atoms with E-state index in [2.05, 4.69) is 15.5 Å². The number of rotatable bonds is 6. The number of carbonyl (C=O) groups is 1. The number of hydrogen-bond donors (Lipinski definition) is 1. The molecule has 1 atom stereocenters. The zero-order chi connectivity index (χ0) is 19.2. The zero-order valence-electron chi connectivity index (χ0n) is 16.3. The summed E-state index contributed by atoms with van der Waals surface area (Å²) in [5, 5.41) is 7.02. The summed E-state index contributed by atoms with van der Waals surface area (Å²) in [5.74, 6) is 1.95. The smallest absolute Gasteiger partial charge is 0.318 e.